The van der Waals surface area contributed by atoms with Crippen molar-refractivity contribution in [3.63, 3.8) is 0 Å². The lowest BCUT2D eigenvalue weighted by Crippen LogP contribution is -2.23. The van der Waals surface area contributed by atoms with Crippen molar-refractivity contribution >= 4 is 43.6 Å². The van der Waals surface area contributed by atoms with E-state index in [1.165, 1.54) is 0 Å². The number of aromatic hydroxyl groups is 2. The third-order valence-corrected chi connectivity index (χ3v) is 12.9. The summed E-state index contributed by atoms with van der Waals surface area (Å²) in [7, 11) is 0. The second-order valence-electron chi connectivity index (χ2n) is 17.6. The molecule has 0 aliphatic carbocycles. The zero-order valence-corrected chi connectivity index (χ0v) is 41.9. The standard InChI is InChI=1S/C59H54N2O4.2C2H6/c1-7-40-25-27-56(46(34-40)48-29-36(3)31-54(58(48)62)60-50-21-13-9-17-42(50)43-18-10-14-22-51(43)60)64-38(5)33-39(6)65-57-28-26-41(8-2)35-47(57)49-30-37(4)32-55(59(49)63)61-52-23-15-11-19-44(52)45-20-12-16-24-53(45)61;2*1-2/h9-32,34-35,38-39,62-63H,7-8,33H2,1-6H3;2*1-2H3/t38-,39-;;/m0../s1. The summed E-state index contributed by atoms with van der Waals surface area (Å²) in [5.41, 5.74) is 13.1. The van der Waals surface area contributed by atoms with Gasteiger partial charge >= 0.3 is 0 Å². The summed E-state index contributed by atoms with van der Waals surface area (Å²) in [4.78, 5) is 0. The molecule has 8 aromatic carbocycles. The van der Waals surface area contributed by atoms with Crippen molar-refractivity contribution in [3.05, 3.63) is 180 Å². The molecule has 352 valence electrons. The van der Waals surface area contributed by atoms with Gasteiger partial charge in [-0.2, -0.15) is 0 Å². The van der Waals surface area contributed by atoms with Gasteiger partial charge in [-0.05, 0) is 136 Å². The highest BCUT2D eigenvalue weighted by molar-refractivity contribution is 6.10. The van der Waals surface area contributed by atoms with Crippen molar-refractivity contribution in [2.45, 2.75) is 101 Å². The van der Waals surface area contributed by atoms with Crippen LogP contribution < -0.4 is 9.47 Å². The molecule has 6 heteroatoms. The molecule has 2 aromatic heterocycles. The molecule has 0 radical (unpaired) electrons. The van der Waals surface area contributed by atoms with Crippen LogP contribution >= 0.6 is 0 Å². The fraction of sp³-hybridized carbons (Fsp3) is 0.238. The molecule has 0 aliphatic heterocycles. The summed E-state index contributed by atoms with van der Waals surface area (Å²) in [6.07, 6.45) is 1.79. The van der Waals surface area contributed by atoms with E-state index in [0.29, 0.717) is 17.9 Å². The van der Waals surface area contributed by atoms with Gasteiger partial charge in [0.2, 0.25) is 0 Å². The maximum Gasteiger partial charge on any atom is 0.147 e. The first-order chi connectivity index (χ1) is 33.6. The number of phenols is 2. The van der Waals surface area contributed by atoms with Gasteiger partial charge in [-0.15, -0.1) is 0 Å². The van der Waals surface area contributed by atoms with Crippen LogP contribution in [-0.4, -0.2) is 31.6 Å². The Labute approximate surface area is 408 Å². The van der Waals surface area contributed by atoms with Crippen LogP contribution in [0.4, 0.5) is 0 Å². The molecule has 6 nitrogen and oxygen atoms in total. The number of para-hydroxylation sites is 4. The second-order valence-corrected chi connectivity index (χ2v) is 17.6. The van der Waals surface area contributed by atoms with Gasteiger partial charge in [0, 0.05) is 50.2 Å². The zero-order valence-electron chi connectivity index (χ0n) is 41.9. The average Bonchev–Trinajstić information content (AvgIpc) is 3.89. The Morgan fingerprint density at radius 1 is 0.420 bits per heavy atom. The lowest BCUT2D eigenvalue weighted by Gasteiger charge is -2.24. The molecule has 0 bridgehead atoms. The number of aromatic nitrogens is 2. The summed E-state index contributed by atoms with van der Waals surface area (Å²) >= 11 is 0. The van der Waals surface area contributed by atoms with E-state index in [1.807, 2.05) is 64.1 Å². The van der Waals surface area contributed by atoms with E-state index in [2.05, 4.69) is 172 Å². The zero-order chi connectivity index (χ0) is 48.9. The summed E-state index contributed by atoms with van der Waals surface area (Å²) in [5, 5.41) is 29.2. The van der Waals surface area contributed by atoms with Crippen LogP contribution in [0.1, 0.15) is 84.1 Å². The van der Waals surface area contributed by atoms with Gasteiger partial charge < -0.3 is 28.8 Å². The number of hydrogen-bond acceptors (Lipinski definition) is 4. The maximum absolute atomic E-state index is 12.3. The summed E-state index contributed by atoms with van der Waals surface area (Å²) in [5.74, 6) is 1.80. The lowest BCUT2D eigenvalue weighted by molar-refractivity contribution is 0.131. The van der Waals surface area contributed by atoms with E-state index in [9.17, 15) is 10.2 Å². The molecule has 0 amide bonds. The van der Waals surface area contributed by atoms with E-state index < -0.39 is 0 Å². The molecule has 10 rings (SSSR count). The SMILES string of the molecule is CC.CC.CCc1ccc(O[C@@H](C)C[C@H](C)Oc2ccc(CC)cc2-c2cc(C)cc(-n3c4ccccc4c4ccccc43)c2O)c(-c2cc(C)cc(-n3c4ccccc4c4ccccc43)c2O)c1. The van der Waals surface area contributed by atoms with E-state index in [0.717, 1.165) is 112 Å². The normalized spacial score (nSPS) is 12.1. The molecule has 0 spiro atoms. The first-order valence-corrected chi connectivity index (χ1v) is 24.9. The lowest BCUT2D eigenvalue weighted by atomic mass is 9.97. The molecule has 2 heterocycles. The number of nitrogens with zero attached hydrogens (tertiary/aromatic N) is 2. The molecule has 10 aromatic rings. The van der Waals surface area contributed by atoms with Crippen LogP contribution in [0.25, 0.3) is 77.2 Å². The second kappa shape index (κ2) is 20.8. The van der Waals surface area contributed by atoms with E-state index in [4.69, 9.17) is 9.47 Å². The van der Waals surface area contributed by atoms with Crippen molar-refractivity contribution in [2.75, 3.05) is 0 Å². The first-order valence-electron chi connectivity index (χ1n) is 24.9. The minimum Gasteiger partial charge on any atom is -0.505 e. The molecular weight excluding hydrogens is 849 g/mol. The number of fused-ring (bicyclic) bond motifs is 6. The quantitative estimate of drug-likeness (QED) is 0.128. The van der Waals surface area contributed by atoms with E-state index in [1.54, 1.807) is 0 Å². The number of phenolic OH excluding ortho intramolecular Hbond substituents is 2. The van der Waals surface area contributed by atoms with Crippen molar-refractivity contribution in [1.29, 1.82) is 0 Å². The highest BCUT2D eigenvalue weighted by Crippen LogP contribution is 2.46. The maximum atomic E-state index is 12.3. The number of aryl methyl sites for hydroxylation is 4. The molecule has 0 saturated heterocycles. The predicted octanol–water partition coefficient (Wildman–Crippen LogP) is 17.0. The fourth-order valence-corrected chi connectivity index (χ4v) is 9.85. The molecule has 0 saturated carbocycles. The third-order valence-electron chi connectivity index (χ3n) is 12.9. The Morgan fingerprint density at radius 2 is 0.739 bits per heavy atom. The minimum absolute atomic E-state index is 0.202. The molecule has 2 N–H and O–H groups in total. The molecule has 0 unspecified atom stereocenters. The van der Waals surface area contributed by atoms with Crippen molar-refractivity contribution < 1.29 is 19.7 Å². The van der Waals surface area contributed by atoms with Crippen molar-refractivity contribution in [3.8, 4) is 56.6 Å². The van der Waals surface area contributed by atoms with Crippen LogP contribution in [0.3, 0.4) is 0 Å². The smallest absolute Gasteiger partial charge is 0.147 e. The van der Waals surface area contributed by atoms with Gasteiger partial charge in [0.05, 0.1) is 45.6 Å². The highest BCUT2D eigenvalue weighted by Gasteiger charge is 2.24. The van der Waals surface area contributed by atoms with Gasteiger partial charge in [0.1, 0.15) is 23.0 Å². The Balaban J connectivity index is 0.00000156. The molecule has 69 heavy (non-hydrogen) atoms. The van der Waals surface area contributed by atoms with Gasteiger partial charge in [0.15, 0.2) is 0 Å². The summed E-state index contributed by atoms with van der Waals surface area (Å²) < 4.78 is 18.0. The number of hydrogen-bond donors (Lipinski definition) is 2. The Kier molecular flexibility index (Phi) is 14.5. The summed E-state index contributed by atoms with van der Waals surface area (Å²) in [6, 6.07) is 54.3. The number of rotatable bonds is 12. The Morgan fingerprint density at radius 3 is 1.06 bits per heavy atom. The van der Waals surface area contributed by atoms with Crippen LogP contribution in [0.2, 0.25) is 0 Å². The molecule has 0 fully saturated rings. The summed E-state index contributed by atoms with van der Waals surface area (Å²) in [6.45, 7) is 20.6. The van der Waals surface area contributed by atoms with Gasteiger partial charge in [-0.1, -0.05) is 126 Å². The molecule has 2 atom stereocenters. The topological polar surface area (TPSA) is 68.8 Å². The van der Waals surface area contributed by atoms with Crippen LogP contribution in [0.15, 0.2) is 158 Å². The predicted molar refractivity (Wildman–Crippen MR) is 291 cm³/mol. The van der Waals surface area contributed by atoms with Gasteiger partial charge in [-0.3, -0.25) is 0 Å². The number of ether oxygens (including phenoxy) is 2. The van der Waals surface area contributed by atoms with Gasteiger partial charge in [-0.25, -0.2) is 0 Å². The van der Waals surface area contributed by atoms with Crippen LogP contribution in [-0.2, 0) is 12.8 Å². The van der Waals surface area contributed by atoms with Crippen molar-refractivity contribution in [1.82, 2.24) is 9.13 Å². The molecule has 0 aliphatic rings. The van der Waals surface area contributed by atoms with Crippen molar-refractivity contribution in [2.24, 2.45) is 0 Å². The van der Waals surface area contributed by atoms with Crippen LogP contribution in [0.5, 0.6) is 23.0 Å². The third kappa shape index (κ3) is 9.16. The van der Waals surface area contributed by atoms with Crippen LogP contribution in [0, 0.1) is 13.8 Å². The number of benzene rings is 8. The largest absolute Gasteiger partial charge is 0.505 e. The Bertz CT molecular complexity index is 3100. The fourth-order valence-electron chi connectivity index (χ4n) is 9.85. The monoisotopic (exact) mass is 915 g/mol. The highest BCUT2D eigenvalue weighted by atomic mass is 16.5. The Hall–Kier alpha value is -7.44. The minimum atomic E-state index is -0.243. The molecular formula is C63H66N2O4. The average molecular weight is 915 g/mol. The van der Waals surface area contributed by atoms with Gasteiger partial charge in [0.25, 0.3) is 0 Å². The van der Waals surface area contributed by atoms with E-state index >= 15 is 0 Å². The first kappa shape index (κ1) is 48.0. The van der Waals surface area contributed by atoms with E-state index in [-0.39, 0.29) is 23.7 Å².